The van der Waals surface area contributed by atoms with E-state index in [9.17, 15) is 4.79 Å². The van der Waals surface area contributed by atoms with Crippen molar-refractivity contribution < 1.29 is 9.53 Å². The van der Waals surface area contributed by atoms with Gasteiger partial charge in [0.15, 0.2) is 11.6 Å². The third-order valence-electron chi connectivity index (χ3n) is 5.83. The van der Waals surface area contributed by atoms with Crippen LogP contribution in [0.25, 0.3) is 33.5 Å². The molecule has 35 heavy (non-hydrogen) atoms. The van der Waals surface area contributed by atoms with Crippen LogP contribution in [-0.4, -0.2) is 42.7 Å². The third-order valence-corrected chi connectivity index (χ3v) is 6.99. The van der Waals surface area contributed by atoms with Gasteiger partial charge in [0.2, 0.25) is 0 Å². The van der Waals surface area contributed by atoms with Gasteiger partial charge in [-0.15, -0.1) is 11.3 Å². The van der Waals surface area contributed by atoms with Crippen LogP contribution in [0.4, 0.5) is 5.82 Å². The average Bonchev–Trinajstić information content (AvgIpc) is 3.47. The molecular formula is C25H21N7O2S. The van der Waals surface area contributed by atoms with E-state index in [1.165, 1.54) is 24.8 Å². The van der Waals surface area contributed by atoms with Crippen molar-refractivity contribution in [3.63, 3.8) is 0 Å². The number of nitrogens with one attached hydrogen (secondary N) is 1. The molecule has 1 N–H and O–H groups in total. The first kappa shape index (κ1) is 21.4. The van der Waals surface area contributed by atoms with Crippen LogP contribution in [-0.2, 0) is 7.05 Å². The van der Waals surface area contributed by atoms with Crippen molar-refractivity contribution in [2.45, 2.75) is 18.8 Å². The Morgan fingerprint density at radius 1 is 1.14 bits per heavy atom. The smallest absolute Gasteiger partial charge is 0.268 e. The molecule has 4 heterocycles. The number of fused-ring (bicyclic) bond motifs is 1. The van der Waals surface area contributed by atoms with Gasteiger partial charge >= 0.3 is 0 Å². The Hall–Kier alpha value is -4.18. The molecular weight excluding hydrogens is 462 g/mol. The average molecular weight is 484 g/mol. The van der Waals surface area contributed by atoms with Crippen LogP contribution in [0.5, 0.6) is 5.75 Å². The molecule has 1 aliphatic carbocycles. The zero-order chi connectivity index (χ0) is 23.9. The van der Waals surface area contributed by atoms with E-state index in [1.54, 1.807) is 16.9 Å². The molecule has 0 radical (unpaired) electrons. The topological polar surface area (TPSA) is 108 Å². The van der Waals surface area contributed by atoms with Crippen LogP contribution >= 0.6 is 11.3 Å². The number of hydrogen-bond acceptors (Lipinski definition) is 8. The summed E-state index contributed by atoms with van der Waals surface area (Å²) in [5, 5.41) is 8.56. The number of thiazole rings is 1. The normalized spacial score (nSPS) is 13.2. The molecule has 1 aliphatic rings. The van der Waals surface area contributed by atoms with E-state index in [1.807, 2.05) is 43.6 Å². The molecule has 0 bridgehead atoms. The minimum atomic E-state index is -0.274. The lowest BCUT2D eigenvalue weighted by Crippen LogP contribution is -2.13. The van der Waals surface area contributed by atoms with Gasteiger partial charge in [0.1, 0.15) is 28.1 Å². The summed E-state index contributed by atoms with van der Waals surface area (Å²) in [6.45, 7) is 0. The predicted octanol–water partition coefficient (Wildman–Crippen LogP) is 4.69. The molecule has 0 unspecified atom stereocenters. The van der Waals surface area contributed by atoms with E-state index >= 15 is 0 Å². The Labute approximate surface area is 204 Å². The fourth-order valence-corrected chi connectivity index (χ4v) is 4.94. The number of carbonyl (C=O) groups is 1. The molecule has 1 amide bonds. The van der Waals surface area contributed by atoms with Gasteiger partial charge in [-0.05, 0) is 12.8 Å². The maximum atomic E-state index is 13.0. The van der Waals surface area contributed by atoms with E-state index in [0.29, 0.717) is 39.1 Å². The minimum Gasteiger partial charge on any atom is -0.493 e. The van der Waals surface area contributed by atoms with Crippen molar-refractivity contribution in [1.29, 1.82) is 0 Å². The zero-order valence-corrected chi connectivity index (χ0v) is 19.9. The molecule has 9 nitrogen and oxygen atoms in total. The number of methoxy groups -OCH3 is 1. The van der Waals surface area contributed by atoms with Gasteiger partial charge in [-0.1, -0.05) is 30.3 Å². The van der Waals surface area contributed by atoms with Crippen molar-refractivity contribution >= 4 is 34.1 Å². The Morgan fingerprint density at radius 2 is 1.97 bits per heavy atom. The summed E-state index contributed by atoms with van der Waals surface area (Å²) in [4.78, 5) is 31.6. The maximum absolute atomic E-state index is 13.0. The number of aromatic nitrogens is 6. The van der Waals surface area contributed by atoms with Crippen molar-refractivity contribution in [2.75, 3.05) is 12.4 Å². The Bertz CT molecular complexity index is 1560. The highest BCUT2D eigenvalue weighted by molar-refractivity contribution is 7.13. The number of aryl methyl sites for hydroxylation is 1. The highest BCUT2D eigenvalue weighted by atomic mass is 32.1. The number of anilines is 1. The molecule has 174 valence electrons. The number of hydrogen-bond donors (Lipinski definition) is 1. The van der Waals surface area contributed by atoms with Crippen LogP contribution < -0.4 is 10.1 Å². The molecule has 0 atom stereocenters. The SMILES string of the molecule is COc1cc2ncnc(-c3cn(C)nc3-c3ccccc3)c2nc1NC(=O)c1cnc(C2CC2)s1. The molecule has 6 rings (SSSR count). The second-order valence-electron chi connectivity index (χ2n) is 8.35. The second kappa shape index (κ2) is 8.55. The van der Waals surface area contributed by atoms with Gasteiger partial charge in [-0.3, -0.25) is 9.48 Å². The predicted molar refractivity (Wildman–Crippen MR) is 134 cm³/mol. The van der Waals surface area contributed by atoms with Gasteiger partial charge in [0.05, 0.1) is 23.8 Å². The lowest BCUT2D eigenvalue weighted by molar-refractivity contribution is 0.102. The first-order chi connectivity index (χ1) is 17.1. The van der Waals surface area contributed by atoms with Crippen molar-refractivity contribution in [2.24, 2.45) is 7.05 Å². The number of carbonyl (C=O) groups excluding carboxylic acids is 1. The van der Waals surface area contributed by atoms with E-state index in [-0.39, 0.29) is 5.91 Å². The van der Waals surface area contributed by atoms with E-state index in [4.69, 9.17) is 9.72 Å². The molecule has 1 fully saturated rings. The Kier molecular flexibility index (Phi) is 5.22. The summed E-state index contributed by atoms with van der Waals surface area (Å²) in [6, 6.07) is 11.7. The van der Waals surface area contributed by atoms with Gasteiger partial charge in [0, 0.05) is 36.4 Å². The Balaban J connectivity index is 1.43. The molecule has 0 spiro atoms. The lowest BCUT2D eigenvalue weighted by atomic mass is 10.0. The van der Waals surface area contributed by atoms with Crippen molar-refractivity contribution in [3.05, 3.63) is 65.0 Å². The van der Waals surface area contributed by atoms with Gasteiger partial charge < -0.3 is 10.1 Å². The fourth-order valence-electron chi connectivity index (χ4n) is 3.96. The molecule has 1 saturated carbocycles. The van der Waals surface area contributed by atoms with Crippen LogP contribution in [0.1, 0.15) is 33.4 Å². The highest BCUT2D eigenvalue weighted by Gasteiger charge is 2.28. The summed E-state index contributed by atoms with van der Waals surface area (Å²) in [5.74, 6) is 0.932. The number of pyridine rings is 1. The van der Waals surface area contributed by atoms with E-state index in [0.717, 1.165) is 34.7 Å². The number of rotatable bonds is 6. The minimum absolute atomic E-state index is 0.274. The van der Waals surface area contributed by atoms with Crippen LogP contribution in [0.15, 0.2) is 55.1 Å². The zero-order valence-electron chi connectivity index (χ0n) is 19.1. The van der Waals surface area contributed by atoms with E-state index in [2.05, 4.69) is 25.4 Å². The monoisotopic (exact) mass is 483 g/mol. The van der Waals surface area contributed by atoms with Gasteiger partial charge in [0.25, 0.3) is 5.91 Å². The molecule has 10 heteroatoms. The first-order valence-corrected chi connectivity index (χ1v) is 12.0. The highest BCUT2D eigenvalue weighted by Crippen LogP contribution is 2.42. The number of amides is 1. The van der Waals surface area contributed by atoms with Crippen LogP contribution in [0.3, 0.4) is 0 Å². The van der Waals surface area contributed by atoms with Crippen molar-refractivity contribution in [1.82, 2.24) is 29.7 Å². The van der Waals surface area contributed by atoms with Gasteiger partial charge in [-0.2, -0.15) is 5.10 Å². The second-order valence-corrected chi connectivity index (χ2v) is 9.41. The lowest BCUT2D eigenvalue weighted by Gasteiger charge is -2.11. The number of nitrogens with zero attached hydrogens (tertiary/aromatic N) is 6. The standard InChI is InChI=1S/C25H21N7O2S/c1-32-12-16(20(31-32)14-6-4-3-5-7-14)21-22-17(27-13-28-21)10-18(34-2)23(29-22)30-24(33)19-11-26-25(35-19)15-8-9-15/h3-7,10-13,15H,8-9H2,1-2H3,(H,29,30,33). The number of ether oxygens (including phenoxy) is 1. The summed E-state index contributed by atoms with van der Waals surface area (Å²) in [7, 11) is 3.40. The Morgan fingerprint density at radius 3 is 2.74 bits per heavy atom. The molecule has 0 aliphatic heterocycles. The summed E-state index contributed by atoms with van der Waals surface area (Å²) < 4.78 is 7.27. The molecule has 5 aromatic rings. The molecule has 1 aromatic carbocycles. The largest absolute Gasteiger partial charge is 0.493 e. The molecule has 4 aromatic heterocycles. The van der Waals surface area contributed by atoms with Crippen molar-refractivity contribution in [3.8, 4) is 28.3 Å². The number of benzene rings is 1. The quantitative estimate of drug-likeness (QED) is 0.373. The van der Waals surface area contributed by atoms with Crippen LogP contribution in [0, 0.1) is 0 Å². The van der Waals surface area contributed by atoms with E-state index < -0.39 is 0 Å². The van der Waals surface area contributed by atoms with Gasteiger partial charge in [-0.25, -0.2) is 19.9 Å². The summed E-state index contributed by atoms with van der Waals surface area (Å²) in [6.07, 6.45) is 7.30. The van der Waals surface area contributed by atoms with Crippen LogP contribution in [0.2, 0.25) is 0 Å². The maximum Gasteiger partial charge on any atom is 0.268 e. The molecule has 0 saturated heterocycles. The summed E-state index contributed by atoms with van der Waals surface area (Å²) in [5.41, 5.74) is 4.33. The fraction of sp³-hybridized carbons (Fsp3) is 0.200. The third kappa shape index (κ3) is 4.01. The summed E-state index contributed by atoms with van der Waals surface area (Å²) >= 11 is 1.42. The first-order valence-electron chi connectivity index (χ1n) is 11.2.